The molecule has 0 fully saturated rings. The molecule has 2 amide bonds. The maximum atomic E-state index is 12.8. The maximum Gasteiger partial charge on any atom is 0.329 e. The standard InChI is InChI=1S/C21H24N4O3/c1-4-13-24-17-7-5-6-8-18(17)25(21(24)28)14-19(26)22-16-11-9-15(10-12-16)20(27)23(2)3/h5-12H,4,13-14H2,1-3H3,(H,22,26). The molecule has 3 rings (SSSR count). The molecule has 146 valence electrons. The molecular formula is C21H24N4O3. The van der Waals surface area contributed by atoms with Crippen LogP contribution in [0.2, 0.25) is 0 Å². The summed E-state index contributed by atoms with van der Waals surface area (Å²) >= 11 is 0. The molecule has 0 aliphatic heterocycles. The number of nitrogens with one attached hydrogen (secondary N) is 1. The average Bonchev–Trinajstić information content (AvgIpc) is 2.94. The van der Waals surface area contributed by atoms with Gasteiger partial charge in [0.15, 0.2) is 0 Å². The SMILES string of the molecule is CCCn1c(=O)n(CC(=O)Nc2ccc(C(=O)N(C)C)cc2)c2ccccc21. The summed E-state index contributed by atoms with van der Waals surface area (Å²) in [7, 11) is 3.37. The van der Waals surface area contributed by atoms with Gasteiger partial charge in [0.2, 0.25) is 5.91 Å². The van der Waals surface area contributed by atoms with Crippen molar-refractivity contribution >= 4 is 28.5 Å². The third kappa shape index (κ3) is 3.83. The van der Waals surface area contributed by atoms with Gasteiger partial charge in [-0.2, -0.15) is 0 Å². The van der Waals surface area contributed by atoms with Gasteiger partial charge in [0.05, 0.1) is 11.0 Å². The normalized spacial score (nSPS) is 10.8. The van der Waals surface area contributed by atoms with Crippen LogP contribution in [0.1, 0.15) is 23.7 Å². The van der Waals surface area contributed by atoms with Gasteiger partial charge >= 0.3 is 5.69 Å². The summed E-state index contributed by atoms with van der Waals surface area (Å²) in [5.74, 6) is -0.402. The predicted octanol–water partition coefficient (Wildman–Crippen LogP) is 2.55. The average molecular weight is 380 g/mol. The van der Waals surface area contributed by atoms with Crippen LogP contribution in [0.25, 0.3) is 11.0 Å². The minimum atomic E-state index is -0.298. The number of nitrogens with zero attached hydrogens (tertiary/aromatic N) is 3. The first kappa shape index (κ1) is 19.4. The van der Waals surface area contributed by atoms with Gasteiger partial charge in [0.25, 0.3) is 5.91 Å². The number of benzene rings is 2. The van der Waals surface area contributed by atoms with Crippen LogP contribution in [-0.2, 0) is 17.9 Å². The number of imidazole rings is 1. The minimum absolute atomic E-state index is 0.0750. The second kappa shape index (κ2) is 8.12. The van der Waals surface area contributed by atoms with E-state index < -0.39 is 0 Å². The molecular weight excluding hydrogens is 356 g/mol. The van der Waals surface area contributed by atoms with Crippen molar-refractivity contribution in [3.8, 4) is 0 Å². The number of aromatic nitrogens is 2. The van der Waals surface area contributed by atoms with E-state index in [1.165, 1.54) is 9.47 Å². The number of aryl methyl sites for hydroxylation is 1. The van der Waals surface area contributed by atoms with Crippen molar-refractivity contribution in [1.29, 1.82) is 0 Å². The second-order valence-corrected chi connectivity index (χ2v) is 6.83. The summed E-state index contributed by atoms with van der Waals surface area (Å²) in [5, 5.41) is 2.79. The quantitative estimate of drug-likeness (QED) is 0.714. The van der Waals surface area contributed by atoms with Gasteiger partial charge < -0.3 is 10.2 Å². The molecule has 3 aromatic rings. The van der Waals surface area contributed by atoms with Gasteiger partial charge in [0, 0.05) is 31.9 Å². The highest BCUT2D eigenvalue weighted by atomic mass is 16.2. The first-order chi connectivity index (χ1) is 13.4. The van der Waals surface area contributed by atoms with Crippen molar-refractivity contribution in [2.45, 2.75) is 26.4 Å². The Hall–Kier alpha value is -3.35. The molecule has 0 unspecified atom stereocenters. The highest BCUT2D eigenvalue weighted by molar-refractivity contribution is 5.95. The molecule has 2 aromatic carbocycles. The number of hydrogen-bond donors (Lipinski definition) is 1. The van der Waals surface area contributed by atoms with E-state index in [0.29, 0.717) is 17.8 Å². The molecule has 0 saturated carbocycles. The second-order valence-electron chi connectivity index (χ2n) is 6.83. The molecule has 0 aliphatic carbocycles. The third-order valence-electron chi connectivity index (χ3n) is 4.50. The van der Waals surface area contributed by atoms with Gasteiger partial charge in [-0.3, -0.25) is 18.7 Å². The Morgan fingerprint density at radius 1 is 0.964 bits per heavy atom. The van der Waals surface area contributed by atoms with Crippen LogP contribution in [0.3, 0.4) is 0 Å². The summed E-state index contributed by atoms with van der Waals surface area (Å²) in [6, 6.07) is 14.2. The molecule has 7 nitrogen and oxygen atoms in total. The zero-order chi connectivity index (χ0) is 20.3. The Morgan fingerprint density at radius 2 is 1.57 bits per heavy atom. The molecule has 1 N–H and O–H groups in total. The Morgan fingerprint density at radius 3 is 2.14 bits per heavy atom. The van der Waals surface area contributed by atoms with Crippen molar-refractivity contribution in [2.75, 3.05) is 19.4 Å². The van der Waals surface area contributed by atoms with E-state index in [9.17, 15) is 14.4 Å². The number of amides is 2. The summed E-state index contributed by atoms with van der Waals surface area (Å²) in [6.07, 6.45) is 0.831. The van der Waals surface area contributed by atoms with E-state index >= 15 is 0 Å². The number of fused-ring (bicyclic) bond motifs is 1. The Kier molecular flexibility index (Phi) is 5.63. The van der Waals surface area contributed by atoms with Crippen molar-refractivity contribution in [3.63, 3.8) is 0 Å². The molecule has 0 spiro atoms. The van der Waals surface area contributed by atoms with Crippen LogP contribution in [0, 0.1) is 0 Å². The topological polar surface area (TPSA) is 76.3 Å². The van der Waals surface area contributed by atoms with Crippen molar-refractivity contribution in [3.05, 3.63) is 64.6 Å². The lowest BCUT2D eigenvalue weighted by Gasteiger charge is -2.11. The van der Waals surface area contributed by atoms with Gasteiger partial charge in [-0.15, -0.1) is 0 Å². The number of anilines is 1. The van der Waals surface area contributed by atoms with E-state index in [4.69, 9.17) is 0 Å². The highest BCUT2D eigenvalue weighted by Gasteiger charge is 2.15. The molecule has 0 atom stereocenters. The van der Waals surface area contributed by atoms with Crippen LogP contribution in [0.5, 0.6) is 0 Å². The van der Waals surface area contributed by atoms with Crippen LogP contribution >= 0.6 is 0 Å². The van der Waals surface area contributed by atoms with E-state index in [1.54, 1.807) is 42.9 Å². The molecule has 0 saturated heterocycles. The largest absolute Gasteiger partial charge is 0.345 e. The smallest absolute Gasteiger partial charge is 0.329 e. The van der Waals surface area contributed by atoms with Crippen LogP contribution in [-0.4, -0.2) is 39.9 Å². The van der Waals surface area contributed by atoms with Crippen molar-refractivity contribution < 1.29 is 9.59 Å². The third-order valence-corrected chi connectivity index (χ3v) is 4.50. The summed E-state index contributed by atoms with van der Waals surface area (Å²) in [5.41, 5.74) is 2.49. The van der Waals surface area contributed by atoms with E-state index in [2.05, 4.69) is 5.32 Å². The van der Waals surface area contributed by atoms with Crippen molar-refractivity contribution in [2.24, 2.45) is 0 Å². The summed E-state index contributed by atoms with van der Waals surface area (Å²) in [4.78, 5) is 38.7. The number of carbonyl (C=O) groups excluding carboxylic acids is 2. The van der Waals surface area contributed by atoms with Gasteiger partial charge in [0.1, 0.15) is 6.54 Å². The number of carbonyl (C=O) groups is 2. The Labute approximate surface area is 163 Å². The zero-order valence-electron chi connectivity index (χ0n) is 16.3. The van der Waals surface area contributed by atoms with Crippen LogP contribution in [0.4, 0.5) is 5.69 Å². The monoisotopic (exact) mass is 380 g/mol. The maximum absolute atomic E-state index is 12.8. The zero-order valence-corrected chi connectivity index (χ0v) is 16.3. The molecule has 1 aromatic heterocycles. The lowest BCUT2D eigenvalue weighted by Crippen LogP contribution is -2.29. The Bertz CT molecular complexity index is 1060. The van der Waals surface area contributed by atoms with Crippen LogP contribution < -0.4 is 11.0 Å². The summed E-state index contributed by atoms with van der Waals surface area (Å²) in [6.45, 7) is 2.54. The lowest BCUT2D eigenvalue weighted by molar-refractivity contribution is -0.116. The van der Waals surface area contributed by atoms with Gasteiger partial charge in [-0.25, -0.2) is 4.79 Å². The van der Waals surface area contributed by atoms with Crippen LogP contribution in [0.15, 0.2) is 53.3 Å². The number of para-hydroxylation sites is 2. The minimum Gasteiger partial charge on any atom is -0.345 e. The fourth-order valence-corrected chi connectivity index (χ4v) is 3.16. The van der Waals surface area contributed by atoms with E-state index in [-0.39, 0.29) is 24.0 Å². The summed E-state index contributed by atoms with van der Waals surface area (Å²) < 4.78 is 3.19. The van der Waals surface area contributed by atoms with Gasteiger partial charge in [-0.05, 0) is 42.8 Å². The Balaban J connectivity index is 1.80. The molecule has 0 radical (unpaired) electrons. The van der Waals surface area contributed by atoms with E-state index in [0.717, 1.165) is 17.5 Å². The molecule has 28 heavy (non-hydrogen) atoms. The molecule has 0 bridgehead atoms. The first-order valence-electron chi connectivity index (χ1n) is 9.22. The predicted molar refractivity (Wildman–Crippen MR) is 110 cm³/mol. The molecule has 0 aliphatic rings. The number of rotatable bonds is 6. The lowest BCUT2D eigenvalue weighted by atomic mass is 10.2. The first-order valence-corrected chi connectivity index (χ1v) is 9.22. The fraction of sp³-hybridized carbons (Fsp3) is 0.286. The molecule has 1 heterocycles. The fourth-order valence-electron chi connectivity index (χ4n) is 3.16. The van der Waals surface area contributed by atoms with Gasteiger partial charge in [-0.1, -0.05) is 19.1 Å². The molecule has 7 heteroatoms. The number of hydrogen-bond acceptors (Lipinski definition) is 3. The highest BCUT2D eigenvalue weighted by Crippen LogP contribution is 2.14. The van der Waals surface area contributed by atoms with E-state index in [1.807, 2.05) is 31.2 Å². The van der Waals surface area contributed by atoms with Crippen molar-refractivity contribution in [1.82, 2.24) is 14.0 Å².